The van der Waals surface area contributed by atoms with Crippen molar-refractivity contribution in [2.45, 2.75) is 37.4 Å². The number of aromatic nitrogens is 2. The van der Waals surface area contributed by atoms with Crippen molar-refractivity contribution in [2.24, 2.45) is 0 Å². The summed E-state index contributed by atoms with van der Waals surface area (Å²) in [5.41, 5.74) is 1.22. The van der Waals surface area contributed by atoms with Crippen molar-refractivity contribution in [3.63, 3.8) is 0 Å². The lowest BCUT2D eigenvalue weighted by Crippen LogP contribution is -2.27. The van der Waals surface area contributed by atoms with Gasteiger partial charge in [0.05, 0.1) is 16.8 Å². The maximum absolute atomic E-state index is 12.4. The van der Waals surface area contributed by atoms with E-state index in [4.69, 9.17) is 23.2 Å². The third-order valence-electron chi connectivity index (χ3n) is 3.88. The minimum absolute atomic E-state index is 0.0965. The molecule has 1 aliphatic heterocycles. The van der Waals surface area contributed by atoms with Gasteiger partial charge in [0, 0.05) is 29.0 Å². The molecule has 1 N–H and O–H groups in total. The van der Waals surface area contributed by atoms with Gasteiger partial charge in [-0.1, -0.05) is 48.3 Å². The minimum Gasteiger partial charge on any atom is -0.325 e. The second-order valence-corrected chi connectivity index (χ2v) is 7.66. The molecule has 1 aromatic heterocycles. The number of nitrogens with one attached hydrogen (secondary N) is 1. The molecule has 1 amide bonds. The number of carbonyl (C=O) groups is 1. The summed E-state index contributed by atoms with van der Waals surface area (Å²) in [6.07, 6.45) is 1.91. The van der Waals surface area contributed by atoms with Gasteiger partial charge in [-0.15, -0.1) is 0 Å². The maximum atomic E-state index is 12.4. The summed E-state index contributed by atoms with van der Waals surface area (Å²) < 4.78 is 1.62. The van der Waals surface area contributed by atoms with Crippen LogP contribution < -0.4 is 10.9 Å². The van der Waals surface area contributed by atoms with Crippen LogP contribution in [-0.2, 0) is 11.2 Å². The van der Waals surface area contributed by atoms with Crippen LogP contribution in [0.4, 0.5) is 5.69 Å². The number of amides is 1. The first kappa shape index (κ1) is 18.3. The number of benzene rings is 1. The molecule has 132 valence electrons. The number of rotatable bonds is 5. The number of halogens is 2. The Balaban J connectivity index is 1.73. The lowest BCUT2D eigenvalue weighted by molar-refractivity contribution is -0.116. The lowest BCUT2D eigenvalue weighted by atomic mass is 10.2. The predicted octanol–water partition coefficient (Wildman–Crippen LogP) is 4.18. The zero-order valence-electron chi connectivity index (χ0n) is 13.6. The molecule has 25 heavy (non-hydrogen) atoms. The maximum Gasteiger partial charge on any atom is 0.254 e. The molecule has 2 aromatic rings. The van der Waals surface area contributed by atoms with E-state index >= 15 is 0 Å². The second-order valence-electron chi connectivity index (χ2n) is 5.83. The number of aryl methyl sites for hydroxylation is 1. The minimum atomic E-state index is -0.207. The Kier molecular flexibility index (Phi) is 5.71. The van der Waals surface area contributed by atoms with Gasteiger partial charge in [0.1, 0.15) is 0 Å². The monoisotopic (exact) mass is 397 g/mol. The summed E-state index contributed by atoms with van der Waals surface area (Å²) in [7, 11) is 0. The predicted molar refractivity (Wildman–Crippen MR) is 102 cm³/mol. The number of anilines is 1. The number of thioether (sulfide) groups is 1. The van der Waals surface area contributed by atoms with E-state index in [0.29, 0.717) is 26.6 Å². The number of nitrogens with zero attached hydrogens (tertiary/aromatic N) is 2. The molecule has 3 rings (SSSR count). The van der Waals surface area contributed by atoms with Crippen LogP contribution >= 0.6 is 35.0 Å². The summed E-state index contributed by atoms with van der Waals surface area (Å²) in [5.74, 6) is 0.451. The highest BCUT2D eigenvalue weighted by Gasteiger charge is 2.27. The molecule has 0 spiro atoms. The Morgan fingerprint density at radius 3 is 2.92 bits per heavy atom. The highest BCUT2D eigenvalue weighted by Crippen LogP contribution is 2.33. The van der Waals surface area contributed by atoms with E-state index in [1.165, 1.54) is 11.8 Å². The molecule has 1 unspecified atom stereocenters. The fourth-order valence-electron chi connectivity index (χ4n) is 2.74. The number of hydrogen-bond donors (Lipinski definition) is 1. The molecular weight excluding hydrogens is 381 g/mol. The van der Waals surface area contributed by atoms with Crippen molar-refractivity contribution < 1.29 is 4.79 Å². The van der Waals surface area contributed by atoms with Crippen LogP contribution in [-0.4, -0.2) is 21.2 Å². The first-order valence-corrected chi connectivity index (χ1v) is 9.72. The Morgan fingerprint density at radius 2 is 2.20 bits per heavy atom. The van der Waals surface area contributed by atoms with Gasteiger partial charge in [0.25, 0.3) is 5.56 Å². The van der Waals surface area contributed by atoms with Crippen LogP contribution in [0, 0.1) is 0 Å². The number of hydrogen-bond acceptors (Lipinski definition) is 4. The summed E-state index contributed by atoms with van der Waals surface area (Å²) in [6.45, 7) is 2.05. The largest absolute Gasteiger partial charge is 0.325 e. The highest BCUT2D eigenvalue weighted by molar-refractivity contribution is 7.99. The van der Waals surface area contributed by atoms with Crippen molar-refractivity contribution in [1.82, 2.24) is 9.55 Å². The topological polar surface area (TPSA) is 64.0 Å². The van der Waals surface area contributed by atoms with E-state index in [1.54, 1.807) is 28.8 Å². The van der Waals surface area contributed by atoms with E-state index in [9.17, 15) is 9.59 Å². The molecule has 2 heterocycles. The third-order valence-corrected chi connectivity index (χ3v) is 5.52. The van der Waals surface area contributed by atoms with Gasteiger partial charge in [-0.3, -0.25) is 14.2 Å². The average molecular weight is 398 g/mol. The zero-order chi connectivity index (χ0) is 18.0. The Labute approximate surface area is 159 Å². The zero-order valence-corrected chi connectivity index (χ0v) is 15.9. The van der Waals surface area contributed by atoms with Crippen LogP contribution in [0.2, 0.25) is 10.0 Å². The van der Waals surface area contributed by atoms with Crippen molar-refractivity contribution in [1.29, 1.82) is 0 Å². The first-order valence-electron chi connectivity index (χ1n) is 7.98. The lowest BCUT2D eigenvalue weighted by Gasteiger charge is -2.14. The normalized spacial score (nSPS) is 15.9. The average Bonchev–Trinajstić information content (AvgIpc) is 2.94. The van der Waals surface area contributed by atoms with E-state index in [2.05, 4.69) is 17.2 Å². The molecule has 0 saturated heterocycles. The molecule has 5 nitrogen and oxygen atoms in total. The second kappa shape index (κ2) is 7.81. The van der Waals surface area contributed by atoms with Crippen molar-refractivity contribution in [2.75, 3.05) is 11.1 Å². The Bertz CT molecular complexity index is 869. The van der Waals surface area contributed by atoms with Crippen LogP contribution in [0.1, 0.15) is 31.5 Å². The molecular formula is C17H17Cl2N3O2S. The molecule has 1 aromatic carbocycles. The Morgan fingerprint density at radius 1 is 1.40 bits per heavy atom. The van der Waals surface area contributed by atoms with Crippen LogP contribution in [0.3, 0.4) is 0 Å². The molecule has 0 aliphatic carbocycles. The smallest absolute Gasteiger partial charge is 0.254 e. The van der Waals surface area contributed by atoms with Crippen molar-refractivity contribution in [3.05, 3.63) is 50.4 Å². The van der Waals surface area contributed by atoms with E-state index in [1.807, 2.05) is 0 Å². The third kappa shape index (κ3) is 4.19. The van der Waals surface area contributed by atoms with Gasteiger partial charge in [-0.25, -0.2) is 4.98 Å². The van der Waals surface area contributed by atoms with E-state index < -0.39 is 0 Å². The van der Waals surface area contributed by atoms with E-state index in [-0.39, 0.29) is 23.9 Å². The summed E-state index contributed by atoms with van der Waals surface area (Å²) in [5, 5.41) is 4.35. The van der Waals surface area contributed by atoms with Crippen LogP contribution in [0.5, 0.6) is 0 Å². The van der Waals surface area contributed by atoms with Gasteiger partial charge in [0.15, 0.2) is 5.16 Å². The molecule has 0 saturated carbocycles. The number of fused-ring (bicyclic) bond motifs is 1. The SMILES string of the molecule is CCCc1cc(=O)n2c(n1)SCC2CC(=O)Nc1ccc(Cl)cc1Cl. The molecule has 0 bridgehead atoms. The quantitative estimate of drug-likeness (QED) is 0.768. The molecule has 0 fully saturated rings. The van der Waals surface area contributed by atoms with Gasteiger partial charge in [-0.05, 0) is 24.6 Å². The first-order chi connectivity index (χ1) is 12.0. The van der Waals surface area contributed by atoms with Crippen molar-refractivity contribution >= 4 is 46.6 Å². The van der Waals surface area contributed by atoms with Gasteiger partial charge < -0.3 is 5.32 Å². The molecule has 1 atom stereocenters. The summed E-state index contributed by atoms with van der Waals surface area (Å²) >= 11 is 13.4. The molecule has 8 heteroatoms. The van der Waals surface area contributed by atoms with E-state index in [0.717, 1.165) is 18.5 Å². The van der Waals surface area contributed by atoms with Gasteiger partial charge >= 0.3 is 0 Å². The van der Waals surface area contributed by atoms with Gasteiger partial charge in [0.2, 0.25) is 5.91 Å². The van der Waals surface area contributed by atoms with Crippen LogP contribution in [0.25, 0.3) is 0 Å². The highest BCUT2D eigenvalue weighted by atomic mass is 35.5. The van der Waals surface area contributed by atoms with Gasteiger partial charge in [-0.2, -0.15) is 0 Å². The standard InChI is InChI=1S/C17H17Cl2N3O2S/c1-2-3-11-7-16(24)22-12(9-25-17(22)20-11)8-15(23)21-14-5-4-10(18)6-13(14)19/h4-7,12H,2-3,8-9H2,1H3,(H,21,23). The fraction of sp³-hybridized carbons (Fsp3) is 0.353. The molecule has 0 radical (unpaired) electrons. The Hall–Kier alpha value is -1.50. The summed E-state index contributed by atoms with van der Waals surface area (Å²) in [4.78, 5) is 29.3. The summed E-state index contributed by atoms with van der Waals surface area (Å²) in [6, 6.07) is 6.25. The van der Waals surface area contributed by atoms with Crippen LogP contribution in [0.15, 0.2) is 34.2 Å². The number of carbonyl (C=O) groups excluding carboxylic acids is 1. The fourth-order valence-corrected chi connectivity index (χ4v) is 4.36. The molecule has 1 aliphatic rings. The van der Waals surface area contributed by atoms with Crippen molar-refractivity contribution in [3.8, 4) is 0 Å².